The van der Waals surface area contributed by atoms with Gasteiger partial charge in [-0.2, -0.15) is 0 Å². The third kappa shape index (κ3) is 7.32. The molecule has 1 N–H and O–H groups in total. The van der Waals surface area contributed by atoms with Crippen molar-refractivity contribution in [2.24, 2.45) is 0 Å². The third-order valence-electron chi connectivity index (χ3n) is 3.92. The van der Waals surface area contributed by atoms with E-state index in [2.05, 4.69) is 5.32 Å². The van der Waals surface area contributed by atoms with Gasteiger partial charge in [0.15, 0.2) is 6.61 Å². The summed E-state index contributed by atoms with van der Waals surface area (Å²) in [7, 11) is 1.56. The minimum absolute atomic E-state index is 0.0545. The molecule has 0 aromatic heterocycles. The van der Waals surface area contributed by atoms with Gasteiger partial charge in [0.2, 0.25) is 5.91 Å². The van der Waals surface area contributed by atoms with Crippen molar-refractivity contribution in [2.45, 2.75) is 19.8 Å². The highest BCUT2D eigenvalue weighted by molar-refractivity contribution is 5.94. The summed E-state index contributed by atoms with van der Waals surface area (Å²) in [6.45, 7) is 1.36. The van der Waals surface area contributed by atoms with E-state index in [1.165, 1.54) is 4.90 Å². The Hall–Kier alpha value is -3.15. The number of aryl methyl sites for hydroxylation is 1. The first-order valence-corrected chi connectivity index (χ1v) is 8.74. The van der Waals surface area contributed by atoms with Crippen LogP contribution in [0, 0.1) is 0 Å². The molecule has 0 saturated carbocycles. The quantitative estimate of drug-likeness (QED) is 0.738. The summed E-state index contributed by atoms with van der Waals surface area (Å²) in [6, 6.07) is 16.4. The Morgan fingerprint density at radius 2 is 1.67 bits per heavy atom. The standard InChI is InChI=1S/C21H24N2O4/c1-16(24)8-9-17-10-12-19(13-11-17)27-15-21(26)23(2)14-20(25)22-18-6-4-3-5-7-18/h3-7,10-13H,8-9,14-15H2,1-2H3,(H,22,25). The maximum Gasteiger partial charge on any atom is 0.260 e. The van der Waals surface area contributed by atoms with Gasteiger partial charge < -0.3 is 19.7 Å². The summed E-state index contributed by atoms with van der Waals surface area (Å²) >= 11 is 0. The molecule has 0 fully saturated rings. The Bertz CT molecular complexity index is 773. The van der Waals surface area contributed by atoms with E-state index in [0.29, 0.717) is 24.3 Å². The molecule has 0 aliphatic carbocycles. The highest BCUT2D eigenvalue weighted by atomic mass is 16.5. The summed E-state index contributed by atoms with van der Waals surface area (Å²) in [5, 5.41) is 2.73. The molecule has 0 saturated heterocycles. The number of para-hydroxylation sites is 1. The van der Waals surface area contributed by atoms with Crippen molar-refractivity contribution in [3.05, 3.63) is 60.2 Å². The Morgan fingerprint density at radius 3 is 2.30 bits per heavy atom. The second-order valence-electron chi connectivity index (χ2n) is 6.30. The van der Waals surface area contributed by atoms with E-state index >= 15 is 0 Å². The van der Waals surface area contributed by atoms with Crippen LogP contribution < -0.4 is 10.1 Å². The van der Waals surface area contributed by atoms with Crippen LogP contribution in [0.5, 0.6) is 5.75 Å². The van der Waals surface area contributed by atoms with Crippen molar-refractivity contribution in [1.82, 2.24) is 4.90 Å². The maximum absolute atomic E-state index is 12.1. The number of likely N-dealkylation sites (N-methyl/N-ethyl adjacent to an activating group) is 1. The molecule has 2 aromatic carbocycles. The Morgan fingerprint density at radius 1 is 1.00 bits per heavy atom. The molecule has 0 atom stereocenters. The van der Waals surface area contributed by atoms with Gasteiger partial charge in [0.05, 0.1) is 6.54 Å². The molecular formula is C21H24N2O4. The van der Waals surface area contributed by atoms with E-state index in [9.17, 15) is 14.4 Å². The first-order valence-electron chi connectivity index (χ1n) is 8.74. The number of benzene rings is 2. The van der Waals surface area contributed by atoms with Crippen molar-refractivity contribution < 1.29 is 19.1 Å². The van der Waals surface area contributed by atoms with Crippen LogP contribution in [0.4, 0.5) is 5.69 Å². The summed E-state index contributed by atoms with van der Waals surface area (Å²) < 4.78 is 5.48. The number of rotatable bonds is 9. The first kappa shape index (κ1) is 20.2. The van der Waals surface area contributed by atoms with Gasteiger partial charge in [-0.25, -0.2) is 0 Å². The van der Waals surface area contributed by atoms with Gasteiger partial charge >= 0.3 is 0 Å². The molecule has 6 nitrogen and oxygen atoms in total. The fourth-order valence-electron chi connectivity index (χ4n) is 2.35. The molecule has 2 aromatic rings. The zero-order chi connectivity index (χ0) is 19.6. The van der Waals surface area contributed by atoms with Crippen LogP contribution in [0.25, 0.3) is 0 Å². The van der Waals surface area contributed by atoms with Gasteiger partial charge in [-0.3, -0.25) is 9.59 Å². The monoisotopic (exact) mass is 368 g/mol. The predicted molar refractivity (Wildman–Crippen MR) is 104 cm³/mol. The van der Waals surface area contributed by atoms with Crippen LogP contribution in [0.2, 0.25) is 0 Å². The number of carbonyl (C=O) groups is 3. The number of amides is 2. The zero-order valence-electron chi connectivity index (χ0n) is 15.6. The second-order valence-corrected chi connectivity index (χ2v) is 6.30. The molecule has 27 heavy (non-hydrogen) atoms. The molecule has 2 rings (SSSR count). The Balaban J connectivity index is 1.75. The van der Waals surface area contributed by atoms with Crippen LogP contribution in [0.1, 0.15) is 18.9 Å². The number of hydrogen-bond acceptors (Lipinski definition) is 4. The number of ketones is 1. The molecule has 6 heteroatoms. The maximum atomic E-state index is 12.1. The number of nitrogens with zero attached hydrogens (tertiary/aromatic N) is 1. The number of Topliss-reactive ketones (excluding diaryl/α,β-unsaturated/α-hetero) is 1. The Labute approximate surface area is 159 Å². The van der Waals surface area contributed by atoms with Gasteiger partial charge in [0.25, 0.3) is 5.91 Å². The second kappa shape index (κ2) is 10.1. The van der Waals surface area contributed by atoms with E-state index in [1.54, 1.807) is 38.2 Å². The van der Waals surface area contributed by atoms with Crippen molar-refractivity contribution >= 4 is 23.3 Å². The highest BCUT2D eigenvalue weighted by Gasteiger charge is 2.13. The van der Waals surface area contributed by atoms with E-state index in [4.69, 9.17) is 4.74 Å². The van der Waals surface area contributed by atoms with Crippen LogP contribution in [0.15, 0.2) is 54.6 Å². The van der Waals surface area contributed by atoms with E-state index in [0.717, 1.165) is 5.56 Å². The van der Waals surface area contributed by atoms with Crippen molar-refractivity contribution in [3.63, 3.8) is 0 Å². The molecular weight excluding hydrogens is 344 g/mol. The van der Waals surface area contributed by atoms with Crippen LogP contribution >= 0.6 is 0 Å². The first-order chi connectivity index (χ1) is 12.9. The number of carbonyl (C=O) groups excluding carboxylic acids is 3. The number of ether oxygens (including phenoxy) is 1. The number of anilines is 1. The largest absolute Gasteiger partial charge is 0.484 e. The van der Waals surface area contributed by atoms with Crippen LogP contribution in [-0.4, -0.2) is 42.7 Å². The smallest absolute Gasteiger partial charge is 0.260 e. The predicted octanol–water partition coefficient (Wildman–Crippen LogP) is 2.68. The average Bonchev–Trinajstić information content (AvgIpc) is 2.65. The molecule has 0 aliphatic rings. The minimum Gasteiger partial charge on any atom is -0.484 e. The summed E-state index contributed by atoms with van der Waals surface area (Å²) in [4.78, 5) is 36.4. The Kier molecular flexibility index (Phi) is 7.55. The van der Waals surface area contributed by atoms with Crippen molar-refractivity contribution in [3.8, 4) is 5.75 Å². The van der Waals surface area contributed by atoms with Crippen LogP contribution in [0.3, 0.4) is 0 Å². The van der Waals surface area contributed by atoms with Crippen LogP contribution in [-0.2, 0) is 20.8 Å². The lowest BCUT2D eigenvalue weighted by Crippen LogP contribution is -2.37. The molecule has 142 valence electrons. The van der Waals surface area contributed by atoms with Gasteiger partial charge in [-0.15, -0.1) is 0 Å². The minimum atomic E-state index is -0.293. The zero-order valence-corrected chi connectivity index (χ0v) is 15.6. The SMILES string of the molecule is CC(=O)CCc1ccc(OCC(=O)N(C)CC(=O)Nc2ccccc2)cc1. The highest BCUT2D eigenvalue weighted by Crippen LogP contribution is 2.13. The normalized spacial score (nSPS) is 10.1. The molecule has 0 radical (unpaired) electrons. The number of nitrogens with one attached hydrogen (secondary N) is 1. The van der Waals surface area contributed by atoms with Gasteiger partial charge in [-0.05, 0) is 43.2 Å². The summed E-state index contributed by atoms with van der Waals surface area (Å²) in [5.74, 6) is 0.156. The van der Waals surface area contributed by atoms with E-state index in [1.807, 2.05) is 30.3 Å². The van der Waals surface area contributed by atoms with Crippen molar-refractivity contribution in [1.29, 1.82) is 0 Å². The molecule has 0 bridgehead atoms. The van der Waals surface area contributed by atoms with Crippen molar-refractivity contribution in [2.75, 3.05) is 25.5 Å². The van der Waals surface area contributed by atoms with Gasteiger partial charge in [0, 0.05) is 19.2 Å². The number of hydrogen-bond donors (Lipinski definition) is 1. The van der Waals surface area contributed by atoms with Gasteiger partial charge in [-0.1, -0.05) is 30.3 Å². The fraction of sp³-hybridized carbons (Fsp3) is 0.286. The van der Waals surface area contributed by atoms with E-state index < -0.39 is 0 Å². The molecule has 0 heterocycles. The molecule has 2 amide bonds. The average molecular weight is 368 g/mol. The topological polar surface area (TPSA) is 75.7 Å². The fourth-order valence-corrected chi connectivity index (χ4v) is 2.35. The molecule has 0 unspecified atom stereocenters. The lowest BCUT2D eigenvalue weighted by atomic mass is 10.1. The lowest BCUT2D eigenvalue weighted by Gasteiger charge is -2.17. The van der Waals surface area contributed by atoms with Gasteiger partial charge in [0.1, 0.15) is 11.5 Å². The summed E-state index contributed by atoms with van der Waals surface area (Å²) in [5.41, 5.74) is 1.73. The lowest BCUT2D eigenvalue weighted by molar-refractivity contribution is -0.135. The molecule has 0 aliphatic heterocycles. The third-order valence-corrected chi connectivity index (χ3v) is 3.92. The van der Waals surface area contributed by atoms with E-state index in [-0.39, 0.29) is 30.7 Å². The summed E-state index contributed by atoms with van der Waals surface area (Å²) in [6.07, 6.45) is 1.20. The molecule has 0 spiro atoms.